The number of methoxy groups -OCH3 is 1. The van der Waals surface area contributed by atoms with Crippen LogP contribution in [0.4, 0.5) is 0 Å². The van der Waals surface area contributed by atoms with Gasteiger partial charge in [-0.15, -0.1) is 0 Å². The molecule has 2 rings (SSSR count). The zero-order valence-corrected chi connectivity index (χ0v) is 17.8. The van der Waals surface area contributed by atoms with Gasteiger partial charge in [-0.3, -0.25) is 0 Å². The number of hydrogen-bond acceptors (Lipinski definition) is 8. The smallest absolute Gasteiger partial charge is 0.360 e. The van der Waals surface area contributed by atoms with Gasteiger partial charge in [0.25, 0.3) is 0 Å². The Morgan fingerprint density at radius 3 is 2.17 bits per heavy atom. The molecular formula is C21H22ClN3O5. The highest BCUT2D eigenvalue weighted by molar-refractivity contribution is 6.47. The van der Waals surface area contributed by atoms with Gasteiger partial charge in [-0.05, 0) is 19.1 Å². The Hall–Kier alpha value is -3.39. The molecule has 2 aromatic rings. The fraction of sp³-hybridized carbons (Fsp3) is 0.238. The van der Waals surface area contributed by atoms with Crippen molar-refractivity contribution in [3.8, 4) is 0 Å². The van der Waals surface area contributed by atoms with Gasteiger partial charge >= 0.3 is 5.97 Å². The molecule has 30 heavy (non-hydrogen) atoms. The first-order valence-electron chi connectivity index (χ1n) is 8.83. The molecule has 0 heterocycles. The summed E-state index contributed by atoms with van der Waals surface area (Å²) in [5, 5.41) is 12.5. The predicted molar refractivity (Wildman–Crippen MR) is 115 cm³/mol. The Morgan fingerprint density at radius 2 is 1.53 bits per heavy atom. The molecule has 0 fully saturated rings. The average Bonchev–Trinajstić information content (AvgIpc) is 2.76. The van der Waals surface area contributed by atoms with E-state index in [1.54, 1.807) is 49.4 Å². The second-order valence-electron chi connectivity index (χ2n) is 5.85. The van der Waals surface area contributed by atoms with Crippen molar-refractivity contribution in [3.05, 3.63) is 70.2 Å². The molecule has 158 valence electrons. The number of ether oxygens (including phenoxy) is 1. The van der Waals surface area contributed by atoms with Crippen LogP contribution >= 0.6 is 11.6 Å². The van der Waals surface area contributed by atoms with Gasteiger partial charge < -0.3 is 19.2 Å². The molecule has 8 nitrogen and oxygen atoms in total. The Bertz CT molecular complexity index is 955. The third-order valence-corrected chi connectivity index (χ3v) is 4.15. The molecule has 0 radical (unpaired) electrons. The van der Waals surface area contributed by atoms with E-state index < -0.39 is 5.97 Å². The number of rotatable bonds is 9. The second kappa shape index (κ2) is 11.6. The van der Waals surface area contributed by atoms with Crippen LogP contribution in [0.25, 0.3) is 0 Å². The number of carbonyl (C=O) groups excluding carboxylic acids is 1. The van der Waals surface area contributed by atoms with Gasteiger partial charge in [0.15, 0.2) is 5.71 Å². The third-order valence-electron chi connectivity index (χ3n) is 3.90. The topological polar surface area (TPSA) is 91.1 Å². The molecule has 2 aromatic carbocycles. The molecule has 0 bridgehead atoms. The van der Waals surface area contributed by atoms with Crippen LogP contribution in [0.5, 0.6) is 0 Å². The van der Waals surface area contributed by atoms with Gasteiger partial charge in [0.1, 0.15) is 32.2 Å². The lowest BCUT2D eigenvalue weighted by Gasteiger charge is -2.10. The van der Waals surface area contributed by atoms with Crippen LogP contribution in [0.2, 0.25) is 5.02 Å². The van der Waals surface area contributed by atoms with E-state index in [0.717, 1.165) is 5.56 Å². The number of carbonyl (C=O) groups is 1. The standard InChI is InChI=1S/C21H22ClN3O5/c1-14(19(24-28-3)15-9-11-17(22)12-10-15)23-30-13-16-7-5-6-8-18(16)20(25-29-4)21(26)27-2/h5-12H,13H2,1-4H3/b23-14+,24-19-,25-20+. The lowest BCUT2D eigenvalue weighted by molar-refractivity contribution is -0.132. The van der Waals surface area contributed by atoms with Gasteiger partial charge in [-0.25, -0.2) is 4.79 Å². The van der Waals surface area contributed by atoms with E-state index in [0.29, 0.717) is 27.6 Å². The number of benzene rings is 2. The molecule has 0 N–H and O–H groups in total. The number of hydrogen-bond donors (Lipinski definition) is 0. The van der Waals surface area contributed by atoms with E-state index in [1.807, 2.05) is 6.07 Å². The van der Waals surface area contributed by atoms with E-state index in [9.17, 15) is 4.79 Å². The first kappa shape index (κ1) is 22.9. The zero-order valence-electron chi connectivity index (χ0n) is 17.1. The first-order chi connectivity index (χ1) is 14.5. The van der Waals surface area contributed by atoms with Gasteiger partial charge in [-0.1, -0.05) is 63.5 Å². The van der Waals surface area contributed by atoms with Crippen molar-refractivity contribution in [2.45, 2.75) is 13.5 Å². The number of halogens is 1. The maximum Gasteiger partial charge on any atom is 0.360 e. The summed E-state index contributed by atoms with van der Waals surface area (Å²) in [6.07, 6.45) is 0. The Morgan fingerprint density at radius 1 is 0.900 bits per heavy atom. The van der Waals surface area contributed by atoms with Crippen molar-refractivity contribution in [1.29, 1.82) is 0 Å². The highest BCUT2D eigenvalue weighted by atomic mass is 35.5. The normalized spacial score (nSPS) is 12.4. The molecule has 0 unspecified atom stereocenters. The average molecular weight is 432 g/mol. The van der Waals surface area contributed by atoms with Gasteiger partial charge in [0.05, 0.1) is 7.11 Å². The molecule has 0 spiro atoms. The van der Waals surface area contributed by atoms with Crippen molar-refractivity contribution in [2.75, 3.05) is 21.3 Å². The van der Waals surface area contributed by atoms with E-state index in [1.165, 1.54) is 21.3 Å². The van der Waals surface area contributed by atoms with Crippen molar-refractivity contribution >= 4 is 34.7 Å². The zero-order chi connectivity index (χ0) is 21.9. The molecule has 0 atom stereocenters. The minimum atomic E-state index is -0.624. The Balaban J connectivity index is 2.23. The van der Waals surface area contributed by atoms with Crippen LogP contribution in [-0.4, -0.2) is 44.4 Å². The van der Waals surface area contributed by atoms with Crippen molar-refractivity contribution in [1.82, 2.24) is 0 Å². The second-order valence-corrected chi connectivity index (χ2v) is 6.29. The van der Waals surface area contributed by atoms with Gasteiger partial charge in [0, 0.05) is 21.7 Å². The molecule has 0 amide bonds. The lowest BCUT2D eigenvalue weighted by atomic mass is 10.0. The molecule has 0 aliphatic rings. The minimum absolute atomic E-state index is 0.0303. The molecule has 0 aromatic heterocycles. The summed E-state index contributed by atoms with van der Waals surface area (Å²) in [7, 11) is 4.07. The van der Waals surface area contributed by atoms with E-state index in [4.69, 9.17) is 30.9 Å². The van der Waals surface area contributed by atoms with Crippen molar-refractivity contribution in [2.24, 2.45) is 15.5 Å². The number of nitrogens with zero attached hydrogens (tertiary/aromatic N) is 3. The van der Waals surface area contributed by atoms with E-state index in [-0.39, 0.29) is 12.3 Å². The van der Waals surface area contributed by atoms with Crippen molar-refractivity contribution < 1.29 is 24.0 Å². The molecule has 0 saturated heterocycles. The molecular weight excluding hydrogens is 410 g/mol. The molecule has 0 aliphatic heterocycles. The molecule has 0 saturated carbocycles. The number of esters is 1. The predicted octanol–water partition coefficient (Wildman–Crippen LogP) is 3.81. The highest BCUT2D eigenvalue weighted by Gasteiger charge is 2.19. The van der Waals surface area contributed by atoms with Gasteiger partial charge in [0.2, 0.25) is 0 Å². The summed E-state index contributed by atoms with van der Waals surface area (Å²) >= 11 is 5.94. The maximum atomic E-state index is 12.0. The van der Waals surface area contributed by atoms with Crippen molar-refractivity contribution in [3.63, 3.8) is 0 Å². The summed E-state index contributed by atoms with van der Waals surface area (Å²) < 4.78 is 4.78. The fourth-order valence-electron chi connectivity index (χ4n) is 2.53. The summed E-state index contributed by atoms with van der Waals surface area (Å²) in [6.45, 7) is 1.82. The van der Waals surface area contributed by atoms with E-state index >= 15 is 0 Å². The maximum absolute atomic E-state index is 12.0. The Labute approximate surface area is 179 Å². The third kappa shape index (κ3) is 6.05. The SMILES string of the molecule is CO/N=C(/C(C)=N/OCc1ccccc1/C(=N\OC)C(=O)OC)c1ccc(Cl)cc1. The summed E-state index contributed by atoms with van der Waals surface area (Å²) in [5.74, 6) is -0.624. The van der Waals surface area contributed by atoms with Crippen LogP contribution in [-0.2, 0) is 30.7 Å². The van der Waals surface area contributed by atoms with Crippen LogP contribution in [0.15, 0.2) is 64.0 Å². The lowest BCUT2D eigenvalue weighted by Crippen LogP contribution is -2.19. The van der Waals surface area contributed by atoms with Crippen LogP contribution < -0.4 is 0 Å². The summed E-state index contributed by atoms with van der Waals surface area (Å²) in [4.78, 5) is 27.3. The molecule has 9 heteroatoms. The quantitative estimate of drug-likeness (QED) is 0.342. The first-order valence-corrected chi connectivity index (χ1v) is 9.21. The fourth-order valence-corrected chi connectivity index (χ4v) is 2.66. The largest absolute Gasteiger partial charge is 0.464 e. The molecule has 0 aliphatic carbocycles. The Kier molecular flexibility index (Phi) is 8.83. The monoisotopic (exact) mass is 431 g/mol. The van der Waals surface area contributed by atoms with Crippen LogP contribution in [0.1, 0.15) is 23.6 Å². The highest BCUT2D eigenvalue weighted by Crippen LogP contribution is 2.15. The van der Waals surface area contributed by atoms with Crippen LogP contribution in [0.3, 0.4) is 0 Å². The summed E-state index contributed by atoms with van der Waals surface area (Å²) in [6, 6.07) is 14.2. The van der Waals surface area contributed by atoms with Crippen LogP contribution in [0, 0.1) is 0 Å². The van der Waals surface area contributed by atoms with Gasteiger partial charge in [-0.2, -0.15) is 0 Å². The number of oxime groups is 3. The minimum Gasteiger partial charge on any atom is -0.464 e. The van der Waals surface area contributed by atoms with E-state index in [2.05, 4.69) is 15.5 Å². The summed E-state index contributed by atoms with van der Waals surface area (Å²) in [5.41, 5.74) is 2.98.